The molecule has 2 aromatic carbocycles. The van der Waals surface area contributed by atoms with Gasteiger partial charge in [-0.3, -0.25) is 9.59 Å². The van der Waals surface area contributed by atoms with Crippen molar-refractivity contribution in [2.24, 2.45) is 0 Å². The lowest BCUT2D eigenvalue weighted by Gasteiger charge is -2.10. The number of carbonyl (C=O) groups is 2. The molecule has 25 heavy (non-hydrogen) atoms. The van der Waals surface area contributed by atoms with Gasteiger partial charge in [0.05, 0.1) is 11.8 Å². The van der Waals surface area contributed by atoms with Gasteiger partial charge in [-0.2, -0.15) is 0 Å². The number of carbonyl (C=O) groups excluding carboxylic acids is 2. The quantitative estimate of drug-likeness (QED) is 0.546. The second-order valence-corrected chi connectivity index (χ2v) is 5.53. The number of furan rings is 1. The summed E-state index contributed by atoms with van der Waals surface area (Å²) in [5.41, 5.74) is 2.37. The Kier molecular flexibility index (Phi) is 4.90. The monoisotopic (exact) mass is 331 g/mol. The van der Waals surface area contributed by atoms with Gasteiger partial charge in [0.15, 0.2) is 5.78 Å². The largest absolute Gasteiger partial charge is 0.465 e. The summed E-state index contributed by atoms with van der Waals surface area (Å²) in [7, 11) is 0. The molecule has 4 heteroatoms. The van der Waals surface area contributed by atoms with E-state index in [4.69, 9.17) is 4.42 Å². The molecule has 0 aliphatic rings. The molecule has 0 spiro atoms. The summed E-state index contributed by atoms with van der Waals surface area (Å²) >= 11 is 0. The molecule has 1 heterocycles. The Balaban J connectivity index is 1.92. The summed E-state index contributed by atoms with van der Waals surface area (Å²) in [6.07, 6.45) is 3.25. The summed E-state index contributed by atoms with van der Waals surface area (Å²) in [6.45, 7) is 1.49. The van der Waals surface area contributed by atoms with Crippen molar-refractivity contribution in [1.82, 2.24) is 0 Å². The van der Waals surface area contributed by atoms with Gasteiger partial charge >= 0.3 is 0 Å². The van der Waals surface area contributed by atoms with Crippen molar-refractivity contribution in [3.63, 3.8) is 0 Å². The van der Waals surface area contributed by atoms with E-state index in [1.165, 1.54) is 6.92 Å². The molecular formula is C21H17NO3. The molecule has 0 aliphatic carbocycles. The molecule has 0 bridgehead atoms. The number of rotatable bonds is 5. The van der Waals surface area contributed by atoms with Crippen LogP contribution in [0.25, 0.3) is 11.6 Å². The van der Waals surface area contributed by atoms with Crippen LogP contribution in [-0.4, -0.2) is 11.7 Å². The Morgan fingerprint density at radius 1 is 0.920 bits per heavy atom. The molecule has 0 saturated carbocycles. The lowest BCUT2D eigenvalue weighted by atomic mass is 10.0. The molecule has 0 fully saturated rings. The van der Waals surface area contributed by atoms with Crippen LogP contribution in [0.4, 0.5) is 5.69 Å². The summed E-state index contributed by atoms with van der Waals surface area (Å²) in [5.74, 6) is 0.264. The number of anilines is 1. The zero-order valence-electron chi connectivity index (χ0n) is 13.7. The fraction of sp³-hybridized carbons (Fsp3) is 0.0476. The minimum atomic E-state index is -0.275. The predicted molar refractivity (Wildman–Crippen MR) is 98.1 cm³/mol. The number of hydrogen-bond donors (Lipinski definition) is 1. The van der Waals surface area contributed by atoms with Gasteiger partial charge in [-0.05, 0) is 42.8 Å². The summed E-state index contributed by atoms with van der Waals surface area (Å²) in [4.78, 5) is 24.3. The van der Waals surface area contributed by atoms with E-state index in [1.807, 2.05) is 30.3 Å². The summed E-state index contributed by atoms with van der Waals surface area (Å²) in [5, 5.41) is 2.85. The average Bonchev–Trinajstić information content (AvgIpc) is 3.14. The second kappa shape index (κ2) is 7.45. The molecule has 3 rings (SSSR count). The van der Waals surface area contributed by atoms with Crippen LogP contribution in [0.1, 0.15) is 28.6 Å². The highest BCUT2D eigenvalue weighted by Crippen LogP contribution is 2.21. The first-order chi connectivity index (χ1) is 12.1. The zero-order valence-corrected chi connectivity index (χ0v) is 13.7. The van der Waals surface area contributed by atoms with E-state index in [9.17, 15) is 9.59 Å². The van der Waals surface area contributed by atoms with Gasteiger partial charge < -0.3 is 9.73 Å². The molecule has 3 aromatic rings. The van der Waals surface area contributed by atoms with Crippen LogP contribution in [0.3, 0.4) is 0 Å². The third-order valence-electron chi connectivity index (χ3n) is 3.69. The topological polar surface area (TPSA) is 59.3 Å². The van der Waals surface area contributed by atoms with Gasteiger partial charge in [-0.25, -0.2) is 0 Å². The van der Waals surface area contributed by atoms with Crippen molar-refractivity contribution < 1.29 is 14.0 Å². The van der Waals surface area contributed by atoms with Crippen LogP contribution in [0.15, 0.2) is 77.4 Å². The van der Waals surface area contributed by atoms with Crippen molar-refractivity contribution in [3.8, 4) is 0 Å². The van der Waals surface area contributed by atoms with Crippen LogP contribution in [-0.2, 0) is 4.79 Å². The Bertz CT molecular complexity index is 909. The van der Waals surface area contributed by atoms with E-state index < -0.39 is 0 Å². The molecule has 0 atom stereocenters. The van der Waals surface area contributed by atoms with E-state index in [2.05, 4.69) is 5.32 Å². The van der Waals surface area contributed by atoms with Gasteiger partial charge in [0.25, 0.3) is 5.91 Å². The van der Waals surface area contributed by atoms with Gasteiger partial charge in [0.2, 0.25) is 0 Å². The first-order valence-electron chi connectivity index (χ1n) is 7.86. The molecule has 0 saturated heterocycles. The number of benzene rings is 2. The molecule has 1 N–H and O–H groups in total. The van der Waals surface area contributed by atoms with Gasteiger partial charge in [-0.1, -0.05) is 42.5 Å². The third kappa shape index (κ3) is 4.12. The maximum atomic E-state index is 12.8. The van der Waals surface area contributed by atoms with Gasteiger partial charge in [-0.15, -0.1) is 0 Å². The normalized spacial score (nSPS) is 11.2. The first-order valence-corrected chi connectivity index (χ1v) is 7.86. The van der Waals surface area contributed by atoms with E-state index >= 15 is 0 Å². The molecule has 4 nitrogen and oxygen atoms in total. The molecule has 0 unspecified atom stereocenters. The Hall–Kier alpha value is -3.40. The number of Topliss-reactive ketones (excluding diaryl/α,β-unsaturated/α-hetero) is 1. The summed E-state index contributed by atoms with van der Waals surface area (Å²) < 4.78 is 5.34. The number of nitrogens with one attached hydrogen (secondary N) is 1. The minimum Gasteiger partial charge on any atom is -0.465 e. The van der Waals surface area contributed by atoms with E-state index in [0.29, 0.717) is 22.6 Å². The van der Waals surface area contributed by atoms with Crippen molar-refractivity contribution in [2.75, 3.05) is 5.32 Å². The SMILES string of the molecule is CC(=O)c1cccc(NC(=O)C(=Cc2ccco2)c2ccccc2)c1. The van der Waals surface area contributed by atoms with E-state index in [0.717, 1.165) is 5.56 Å². The average molecular weight is 331 g/mol. The fourth-order valence-corrected chi connectivity index (χ4v) is 2.43. The second-order valence-electron chi connectivity index (χ2n) is 5.53. The van der Waals surface area contributed by atoms with Gasteiger partial charge in [0, 0.05) is 11.3 Å². The highest BCUT2D eigenvalue weighted by molar-refractivity contribution is 6.29. The maximum Gasteiger partial charge on any atom is 0.256 e. The van der Waals surface area contributed by atoms with Crippen LogP contribution in [0, 0.1) is 0 Å². The highest BCUT2D eigenvalue weighted by Gasteiger charge is 2.13. The Morgan fingerprint density at radius 3 is 2.36 bits per heavy atom. The van der Waals surface area contributed by atoms with E-state index in [1.54, 1.807) is 48.7 Å². The third-order valence-corrected chi connectivity index (χ3v) is 3.69. The summed E-state index contributed by atoms with van der Waals surface area (Å²) in [6, 6.07) is 19.8. The predicted octanol–water partition coefficient (Wildman–Crippen LogP) is 4.66. The molecule has 0 aliphatic heterocycles. The van der Waals surface area contributed by atoms with Crippen LogP contribution >= 0.6 is 0 Å². The van der Waals surface area contributed by atoms with Crippen LogP contribution in [0.2, 0.25) is 0 Å². The Labute approximate surface area is 145 Å². The standard InChI is InChI=1S/C21H17NO3/c1-15(23)17-9-5-10-18(13-17)22-21(24)20(14-19-11-6-12-25-19)16-7-3-2-4-8-16/h2-14H,1H3,(H,22,24). The van der Waals surface area contributed by atoms with Crippen molar-refractivity contribution in [2.45, 2.75) is 6.92 Å². The lowest BCUT2D eigenvalue weighted by molar-refractivity contribution is -0.111. The number of ketones is 1. The fourth-order valence-electron chi connectivity index (χ4n) is 2.43. The molecule has 1 aromatic heterocycles. The molecule has 1 amide bonds. The molecule has 0 radical (unpaired) electrons. The zero-order chi connectivity index (χ0) is 17.6. The highest BCUT2D eigenvalue weighted by atomic mass is 16.3. The number of hydrogen-bond acceptors (Lipinski definition) is 3. The maximum absolute atomic E-state index is 12.8. The smallest absolute Gasteiger partial charge is 0.256 e. The van der Waals surface area contributed by atoms with Crippen LogP contribution < -0.4 is 5.32 Å². The van der Waals surface area contributed by atoms with Crippen molar-refractivity contribution in [3.05, 3.63) is 89.9 Å². The Morgan fingerprint density at radius 2 is 1.68 bits per heavy atom. The lowest BCUT2D eigenvalue weighted by Crippen LogP contribution is -2.14. The van der Waals surface area contributed by atoms with E-state index in [-0.39, 0.29) is 11.7 Å². The van der Waals surface area contributed by atoms with Crippen LogP contribution in [0.5, 0.6) is 0 Å². The number of amides is 1. The van der Waals surface area contributed by atoms with Gasteiger partial charge in [0.1, 0.15) is 5.76 Å². The van der Waals surface area contributed by atoms with Crippen molar-refractivity contribution in [1.29, 1.82) is 0 Å². The molecule has 124 valence electrons. The molecular weight excluding hydrogens is 314 g/mol. The minimum absolute atomic E-state index is 0.0505. The first kappa shape index (κ1) is 16.5. The van der Waals surface area contributed by atoms with Crippen molar-refractivity contribution >= 4 is 29.0 Å².